The third kappa shape index (κ3) is 4.50. The van der Waals surface area contributed by atoms with Gasteiger partial charge in [0, 0.05) is 34.8 Å². The van der Waals surface area contributed by atoms with Crippen molar-refractivity contribution in [3.63, 3.8) is 0 Å². The molecule has 0 radical (unpaired) electrons. The van der Waals surface area contributed by atoms with Crippen molar-refractivity contribution in [3.05, 3.63) is 65.5 Å². The van der Waals surface area contributed by atoms with Gasteiger partial charge in [-0.25, -0.2) is 14.8 Å². The molecule has 4 N–H and O–H groups in total. The highest BCUT2D eigenvalue weighted by molar-refractivity contribution is 6.03. The number of halogens is 3. The number of nitrogens with two attached hydrogens (primary N) is 1. The minimum Gasteiger partial charge on any atom is -0.368 e. The summed E-state index contributed by atoms with van der Waals surface area (Å²) in [7, 11) is 0. The number of rotatable bonds is 3. The van der Waals surface area contributed by atoms with Gasteiger partial charge in [0.15, 0.2) is 0 Å². The van der Waals surface area contributed by atoms with Gasteiger partial charge in [0.25, 0.3) is 0 Å². The van der Waals surface area contributed by atoms with Crippen LogP contribution in [-0.4, -0.2) is 16.0 Å². The SMILES string of the molecule is C#Cc1ccc(NC(=O)Nc2cccc(C(F)(F)F)c2)c(-c2cnc(N)nc2)c1C. The van der Waals surface area contributed by atoms with Crippen LogP contribution < -0.4 is 16.4 Å². The maximum atomic E-state index is 12.9. The molecular formula is C21H16F3N5O. The second-order valence-electron chi connectivity index (χ2n) is 6.29. The Kier molecular flexibility index (Phi) is 5.60. The van der Waals surface area contributed by atoms with E-state index in [0.717, 1.165) is 12.1 Å². The third-order valence-electron chi connectivity index (χ3n) is 4.28. The number of nitrogen functional groups attached to an aromatic ring is 1. The highest BCUT2D eigenvalue weighted by Crippen LogP contribution is 2.33. The van der Waals surface area contributed by atoms with Crippen LogP contribution in [0.3, 0.4) is 0 Å². The van der Waals surface area contributed by atoms with Gasteiger partial charge in [0.1, 0.15) is 0 Å². The molecule has 0 saturated heterocycles. The van der Waals surface area contributed by atoms with Crippen LogP contribution in [-0.2, 0) is 6.18 Å². The molecule has 0 atom stereocenters. The zero-order valence-corrected chi connectivity index (χ0v) is 15.7. The van der Waals surface area contributed by atoms with E-state index in [1.54, 1.807) is 19.1 Å². The number of carbonyl (C=O) groups is 1. The number of anilines is 3. The Morgan fingerprint density at radius 2 is 1.83 bits per heavy atom. The predicted molar refractivity (Wildman–Crippen MR) is 109 cm³/mol. The first-order valence-corrected chi connectivity index (χ1v) is 8.62. The van der Waals surface area contributed by atoms with Crippen LogP contribution in [0.5, 0.6) is 0 Å². The van der Waals surface area contributed by atoms with E-state index in [-0.39, 0.29) is 11.6 Å². The van der Waals surface area contributed by atoms with E-state index in [0.29, 0.717) is 27.9 Å². The Labute approximate surface area is 170 Å². The topological polar surface area (TPSA) is 92.9 Å². The molecular weight excluding hydrogens is 395 g/mol. The van der Waals surface area contributed by atoms with Gasteiger partial charge in [-0.2, -0.15) is 13.2 Å². The average molecular weight is 411 g/mol. The first-order chi connectivity index (χ1) is 14.2. The summed E-state index contributed by atoms with van der Waals surface area (Å²) in [5.74, 6) is 2.64. The lowest BCUT2D eigenvalue weighted by molar-refractivity contribution is -0.137. The number of nitrogens with zero attached hydrogens (tertiary/aromatic N) is 2. The minimum absolute atomic E-state index is 0.00309. The first-order valence-electron chi connectivity index (χ1n) is 8.62. The van der Waals surface area contributed by atoms with Gasteiger partial charge in [0.05, 0.1) is 11.3 Å². The molecule has 2 amide bonds. The number of terminal acetylenes is 1. The summed E-state index contributed by atoms with van der Waals surface area (Å²) in [4.78, 5) is 20.4. The van der Waals surface area contributed by atoms with Gasteiger partial charge in [-0.3, -0.25) is 0 Å². The van der Waals surface area contributed by atoms with E-state index in [1.165, 1.54) is 24.5 Å². The zero-order valence-electron chi connectivity index (χ0n) is 15.7. The average Bonchev–Trinajstić information content (AvgIpc) is 2.69. The van der Waals surface area contributed by atoms with Gasteiger partial charge >= 0.3 is 12.2 Å². The van der Waals surface area contributed by atoms with Crippen LogP contribution in [0.4, 0.5) is 35.3 Å². The lowest BCUT2D eigenvalue weighted by Gasteiger charge is -2.16. The Hall–Kier alpha value is -4.06. The number of nitrogens with one attached hydrogen (secondary N) is 2. The molecule has 30 heavy (non-hydrogen) atoms. The second kappa shape index (κ2) is 8.13. The molecule has 0 aliphatic heterocycles. The van der Waals surface area contributed by atoms with E-state index >= 15 is 0 Å². The summed E-state index contributed by atoms with van der Waals surface area (Å²) in [5, 5.41) is 5.03. The molecule has 0 aliphatic rings. The quantitative estimate of drug-likeness (QED) is 0.546. The molecule has 0 bridgehead atoms. The Morgan fingerprint density at radius 1 is 1.13 bits per heavy atom. The summed E-state index contributed by atoms with van der Waals surface area (Å²) in [6.07, 6.45) is 3.99. The molecule has 0 unspecified atom stereocenters. The van der Waals surface area contributed by atoms with Crippen molar-refractivity contribution in [2.75, 3.05) is 16.4 Å². The number of carbonyl (C=O) groups excluding carboxylic acids is 1. The summed E-state index contributed by atoms with van der Waals surface area (Å²) in [5.41, 5.74) is 7.48. The van der Waals surface area contributed by atoms with Crippen molar-refractivity contribution in [2.24, 2.45) is 0 Å². The smallest absolute Gasteiger partial charge is 0.368 e. The molecule has 6 nitrogen and oxygen atoms in total. The van der Waals surface area contributed by atoms with E-state index in [2.05, 4.69) is 26.5 Å². The lowest BCUT2D eigenvalue weighted by Crippen LogP contribution is -2.20. The van der Waals surface area contributed by atoms with Crippen LogP contribution in [0.25, 0.3) is 11.1 Å². The standard InChI is InChI=1S/C21H16F3N5O/c1-3-13-7-8-17(18(12(13)2)14-10-26-19(25)27-11-14)29-20(30)28-16-6-4-5-15(9-16)21(22,23)24/h1,4-11H,2H3,(H2,25,26,27)(H2,28,29,30). The molecule has 9 heteroatoms. The molecule has 0 fully saturated rings. The first kappa shape index (κ1) is 20.7. The summed E-state index contributed by atoms with van der Waals surface area (Å²) in [6.45, 7) is 1.77. The molecule has 0 aliphatic carbocycles. The maximum Gasteiger partial charge on any atom is 0.416 e. The van der Waals surface area contributed by atoms with Crippen LogP contribution in [0.2, 0.25) is 0 Å². The van der Waals surface area contributed by atoms with E-state index in [9.17, 15) is 18.0 Å². The number of urea groups is 1. The molecule has 3 aromatic rings. The van der Waals surface area contributed by atoms with Crippen molar-refractivity contribution in [2.45, 2.75) is 13.1 Å². The number of alkyl halides is 3. The highest BCUT2D eigenvalue weighted by atomic mass is 19.4. The zero-order chi connectivity index (χ0) is 21.9. The molecule has 1 heterocycles. The molecule has 0 spiro atoms. The van der Waals surface area contributed by atoms with Crippen LogP contribution in [0.15, 0.2) is 48.8 Å². The monoisotopic (exact) mass is 411 g/mol. The number of benzene rings is 2. The fraction of sp³-hybridized carbons (Fsp3) is 0.0952. The minimum atomic E-state index is -4.52. The fourth-order valence-electron chi connectivity index (χ4n) is 2.87. The number of hydrogen-bond donors (Lipinski definition) is 3. The second-order valence-corrected chi connectivity index (χ2v) is 6.29. The van der Waals surface area contributed by atoms with Crippen LogP contribution in [0, 0.1) is 19.3 Å². The van der Waals surface area contributed by atoms with E-state index in [4.69, 9.17) is 12.2 Å². The molecule has 0 saturated carbocycles. The molecule has 2 aromatic carbocycles. The van der Waals surface area contributed by atoms with Crippen molar-refractivity contribution >= 4 is 23.4 Å². The number of aromatic nitrogens is 2. The Morgan fingerprint density at radius 3 is 2.47 bits per heavy atom. The predicted octanol–water partition coefficient (Wildman–Crippen LogP) is 4.68. The highest BCUT2D eigenvalue weighted by Gasteiger charge is 2.30. The lowest BCUT2D eigenvalue weighted by atomic mass is 9.96. The number of hydrogen-bond acceptors (Lipinski definition) is 4. The third-order valence-corrected chi connectivity index (χ3v) is 4.28. The summed E-state index contributed by atoms with van der Waals surface area (Å²) < 4.78 is 38.6. The van der Waals surface area contributed by atoms with Crippen molar-refractivity contribution < 1.29 is 18.0 Å². The van der Waals surface area contributed by atoms with E-state index < -0.39 is 17.8 Å². The molecule has 3 rings (SSSR count). The Balaban J connectivity index is 1.91. The summed E-state index contributed by atoms with van der Waals surface area (Å²) >= 11 is 0. The van der Waals surface area contributed by atoms with Crippen molar-refractivity contribution in [1.82, 2.24) is 9.97 Å². The van der Waals surface area contributed by atoms with Crippen LogP contribution in [0.1, 0.15) is 16.7 Å². The fourth-order valence-corrected chi connectivity index (χ4v) is 2.87. The van der Waals surface area contributed by atoms with Crippen molar-refractivity contribution in [3.8, 4) is 23.5 Å². The van der Waals surface area contributed by atoms with Gasteiger partial charge in [-0.15, -0.1) is 6.42 Å². The van der Waals surface area contributed by atoms with E-state index in [1.807, 2.05) is 0 Å². The molecule has 1 aromatic heterocycles. The van der Waals surface area contributed by atoms with Gasteiger partial charge < -0.3 is 16.4 Å². The van der Waals surface area contributed by atoms with Gasteiger partial charge in [-0.1, -0.05) is 12.0 Å². The van der Waals surface area contributed by atoms with Crippen LogP contribution >= 0.6 is 0 Å². The van der Waals surface area contributed by atoms with Crippen molar-refractivity contribution in [1.29, 1.82) is 0 Å². The van der Waals surface area contributed by atoms with Gasteiger partial charge in [-0.05, 0) is 42.8 Å². The summed E-state index contributed by atoms with van der Waals surface area (Å²) in [6, 6.07) is 6.86. The number of amides is 2. The normalized spacial score (nSPS) is 10.9. The van der Waals surface area contributed by atoms with Gasteiger partial charge in [0.2, 0.25) is 5.95 Å². The Bertz CT molecular complexity index is 1130. The molecule has 152 valence electrons. The maximum absolute atomic E-state index is 12.9. The largest absolute Gasteiger partial charge is 0.416 e.